The Morgan fingerprint density at radius 3 is 2.89 bits per heavy atom. The lowest BCUT2D eigenvalue weighted by atomic mass is 10.1. The molecule has 5 heteroatoms. The van der Waals surface area contributed by atoms with E-state index in [0.29, 0.717) is 10.8 Å². The molecule has 0 fully saturated rings. The van der Waals surface area contributed by atoms with Crippen LogP contribution < -0.4 is 5.73 Å². The number of nitrogen functional groups attached to an aromatic ring is 1. The Bertz CT molecular complexity index is 733. The molecular formula is C13H11ClN4. The second kappa shape index (κ2) is 3.99. The molecule has 0 saturated carbocycles. The third-order valence-electron chi connectivity index (χ3n) is 2.86. The van der Waals surface area contributed by atoms with Gasteiger partial charge in [-0.25, -0.2) is 9.50 Å². The van der Waals surface area contributed by atoms with E-state index in [-0.39, 0.29) is 0 Å². The number of nitrogens with two attached hydrogens (primary N) is 1. The van der Waals surface area contributed by atoms with Crippen molar-refractivity contribution in [3.63, 3.8) is 0 Å². The van der Waals surface area contributed by atoms with Gasteiger partial charge in [0, 0.05) is 10.6 Å². The molecular weight excluding hydrogens is 248 g/mol. The van der Waals surface area contributed by atoms with E-state index in [9.17, 15) is 0 Å². The van der Waals surface area contributed by atoms with E-state index in [0.717, 1.165) is 22.5 Å². The minimum atomic E-state index is 0.460. The smallest absolute Gasteiger partial charge is 0.154 e. The van der Waals surface area contributed by atoms with Gasteiger partial charge in [0.2, 0.25) is 0 Å². The molecule has 3 rings (SSSR count). The Morgan fingerprint density at radius 2 is 2.06 bits per heavy atom. The minimum absolute atomic E-state index is 0.460. The van der Waals surface area contributed by atoms with Crippen molar-refractivity contribution in [3.8, 4) is 11.3 Å². The SMILES string of the molecule is Cc1ccc(Cl)cc1-c1cnc2ccc(N)nn12. The molecule has 0 radical (unpaired) electrons. The molecule has 90 valence electrons. The van der Waals surface area contributed by atoms with Gasteiger partial charge < -0.3 is 5.73 Å². The first-order chi connectivity index (χ1) is 8.65. The zero-order valence-electron chi connectivity index (χ0n) is 9.76. The van der Waals surface area contributed by atoms with Crippen LogP contribution in [0.4, 0.5) is 5.82 Å². The normalized spacial score (nSPS) is 11.0. The number of aromatic nitrogens is 3. The van der Waals surface area contributed by atoms with Crippen molar-refractivity contribution < 1.29 is 0 Å². The molecule has 0 saturated heterocycles. The predicted molar refractivity (Wildman–Crippen MR) is 72.6 cm³/mol. The fourth-order valence-corrected chi connectivity index (χ4v) is 2.11. The maximum atomic E-state index is 6.04. The second-order valence-electron chi connectivity index (χ2n) is 4.13. The van der Waals surface area contributed by atoms with Gasteiger partial charge in [0.1, 0.15) is 5.82 Å². The van der Waals surface area contributed by atoms with E-state index < -0.39 is 0 Å². The van der Waals surface area contributed by atoms with Crippen LogP contribution in [0.5, 0.6) is 0 Å². The molecule has 2 N–H and O–H groups in total. The highest BCUT2D eigenvalue weighted by molar-refractivity contribution is 6.30. The maximum absolute atomic E-state index is 6.04. The van der Waals surface area contributed by atoms with Crippen molar-refractivity contribution in [1.29, 1.82) is 0 Å². The van der Waals surface area contributed by atoms with Crippen LogP contribution >= 0.6 is 11.6 Å². The molecule has 0 unspecified atom stereocenters. The molecule has 2 heterocycles. The zero-order valence-corrected chi connectivity index (χ0v) is 10.5. The van der Waals surface area contributed by atoms with Crippen molar-refractivity contribution in [2.45, 2.75) is 6.92 Å². The molecule has 0 atom stereocenters. The number of aryl methyl sites for hydroxylation is 1. The first-order valence-corrected chi connectivity index (χ1v) is 5.90. The molecule has 1 aromatic carbocycles. The van der Waals surface area contributed by atoms with Crippen LogP contribution in [0.3, 0.4) is 0 Å². The van der Waals surface area contributed by atoms with Gasteiger partial charge in [-0.3, -0.25) is 0 Å². The lowest BCUT2D eigenvalue weighted by molar-refractivity contribution is 0.951. The molecule has 0 spiro atoms. The Kier molecular flexibility index (Phi) is 2.45. The highest BCUT2D eigenvalue weighted by atomic mass is 35.5. The van der Waals surface area contributed by atoms with Crippen molar-refractivity contribution in [2.75, 3.05) is 5.73 Å². The molecule has 0 aliphatic heterocycles. The van der Waals surface area contributed by atoms with Gasteiger partial charge in [0.05, 0.1) is 11.9 Å². The first kappa shape index (κ1) is 11.0. The summed E-state index contributed by atoms with van der Waals surface area (Å²) in [5.41, 5.74) is 9.48. The number of benzene rings is 1. The molecule has 0 bridgehead atoms. The van der Waals surface area contributed by atoms with Crippen molar-refractivity contribution >= 4 is 23.1 Å². The summed E-state index contributed by atoms with van der Waals surface area (Å²) in [6.07, 6.45) is 1.78. The van der Waals surface area contributed by atoms with Gasteiger partial charge in [-0.15, -0.1) is 5.10 Å². The summed E-state index contributed by atoms with van der Waals surface area (Å²) >= 11 is 6.04. The number of hydrogen-bond donors (Lipinski definition) is 1. The highest BCUT2D eigenvalue weighted by Gasteiger charge is 2.10. The standard InChI is InChI=1S/C13H11ClN4/c1-8-2-3-9(14)6-10(8)11-7-16-13-5-4-12(15)17-18(11)13/h2-7H,1H3,(H2,15,17). The summed E-state index contributed by atoms with van der Waals surface area (Å²) in [5, 5.41) is 4.96. The number of halogens is 1. The molecule has 0 amide bonds. The van der Waals surface area contributed by atoms with Crippen LogP contribution in [0.25, 0.3) is 16.9 Å². The topological polar surface area (TPSA) is 56.2 Å². The maximum Gasteiger partial charge on any atom is 0.154 e. The predicted octanol–water partition coefficient (Wildman–Crippen LogP) is 2.94. The van der Waals surface area contributed by atoms with Gasteiger partial charge in [0.15, 0.2) is 5.65 Å². The van der Waals surface area contributed by atoms with E-state index in [2.05, 4.69) is 10.1 Å². The number of rotatable bonds is 1. The number of imidazole rings is 1. The first-order valence-electron chi connectivity index (χ1n) is 5.52. The lowest BCUT2D eigenvalue weighted by Gasteiger charge is -2.06. The zero-order chi connectivity index (χ0) is 12.7. The Hall–Kier alpha value is -2.07. The Balaban J connectivity index is 2.31. The molecule has 18 heavy (non-hydrogen) atoms. The van der Waals surface area contributed by atoms with Crippen LogP contribution in [-0.2, 0) is 0 Å². The summed E-state index contributed by atoms with van der Waals surface area (Å²) in [6.45, 7) is 2.03. The van der Waals surface area contributed by atoms with Crippen molar-refractivity contribution in [3.05, 3.63) is 47.1 Å². The Labute approximate surface area is 109 Å². The van der Waals surface area contributed by atoms with E-state index in [1.807, 2.05) is 31.2 Å². The second-order valence-corrected chi connectivity index (χ2v) is 4.57. The van der Waals surface area contributed by atoms with Gasteiger partial charge >= 0.3 is 0 Å². The average molecular weight is 259 g/mol. The van der Waals surface area contributed by atoms with Crippen LogP contribution in [0.1, 0.15) is 5.56 Å². The summed E-state index contributed by atoms with van der Waals surface area (Å²) in [7, 11) is 0. The summed E-state index contributed by atoms with van der Waals surface area (Å²) in [5.74, 6) is 0.460. The number of hydrogen-bond acceptors (Lipinski definition) is 3. The van der Waals surface area contributed by atoms with Crippen LogP contribution in [0.15, 0.2) is 36.5 Å². The van der Waals surface area contributed by atoms with Gasteiger partial charge in [0.25, 0.3) is 0 Å². The molecule has 0 aliphatic rings. The largest absolute Gasteiger partial charge is 0.382 e. The number of nitrogens with zero attached hydrogens (tertiary/aromatic N) is 3. The van der Waals surface area contributed by atoms with Crippen molar-refractivity contribution in [1.82, 2.24) is 14.6 Å². The van der Waals surface area contributed by atoms with Gasteiger partial charge in [-0.1, -0.05) is 17.7 Å². The van der Waals surface area contributed by atoms with Crippen LogP contribution in [0, 0.1) is 6.92 Å². The van der Waals surface area contributed by atoms with E-state index in [1.54, 1.807) is 16.8 Å². The van der Waals surface area contributed by atoms with Gasteiger partial charge in [-0.05, 0) is 36.8 Å². The van der Waals surface area contributed by atoms with Crippen LogP contribution in [-0.4, -0.2) is 14.6 Å². The van der Waals surface area contributed by atoms with Crippen LogP contribution in [0.2, 0.25) is 5.02 Å². The number of anilines is 1. The minimum Gasteiger partial charge on any atom is -0.382 e. The molecule has 3 aromatic rings. The quantitative estimate of drug-likeness (QED) is 0.730. The average Bonchev–Trinajstić information content (AvgIpc) is 2.75. The third kappa shape index (κ3) is 1.71. The summed E-state index contributed by atoms with van der Waals surface area (Å²) < 4.78 is 1.73. The monoisotopic (exact) mass is 258 g/mol. The molecule has 0 aliphatic carbocycles. The fourth-order valence-electron chi connectivity index (χ4n) is 1.94. The van der Waals surface area contributed by atoms with Crippen molar-refractivity contribution in [2.24, 2.45) is 0 Å². The summed E-state index contributed by atoms with van der Waals surface area (Å²) in [6, 6.07) is 9.32. The fraction of sp³-hybridized carbons (Fsp3) is 0.0769. The van der Waals surface area contributed by atoms with E-state index >= 15 is 0 Å². The molecule has 4 nitrogen and oxygen atoms in total. The number of fused-ring (bicyclic) bond motifs is 1. The van der Waals surface area contributed by atoms with Gasteiger partial charge in [-0.2, -0.15) is 0 Å². The molecule has 2 aromatic heterocycles. The van der Waals surface area contributed by atoms with E-state index in [1.165, 1.54) is 0 Å². The third-order valence-corrected chi connectivity index (χ3v) is 3.09. The van der Waals surface area contributed by atoms with E-state index in [4.69, 9.17) is 17.3 Å². The highest BCUT2D eigenvalue weighted by Crippen LogP contribution is 2.26. The Morgan fingerprint density at radius 1 is 1.22 bits per heavy atom. The summed E-state index contributed by atoms with van der Waals surface area (Å²) in [4.78, 5) is 4.31. The lowest BCUT2D eigenvalue weighted by Crippen LogP contribution is -1.99.